The van der Waals surface area contributed by atoms with Crippen molar-refractivity contribution in [3.05, 3.63) is 80.0 Å². The Bertz CT molecular complexity index is 1320. The summed E-state index contributed by atoms with van der Waals surface area (Å²) < 4.78 is 8.27. The largest absolute Gasteiger partial charge is 0.419 e. The Labute approximate surface area is 217 Å². The number of aromatic nitrogens is 1. The van der Waals surface area contributed by atoms with Gasteiger partial charge in [0.2, 0.25) is 6.41 Å². The van der Waals surface area contributed by atoms with E-state index in [0.717, 1.165) is 39.8 Å². The van der Waals surface area contributed by atoms with Crippen molar-refractivity contribution in [2.75, 3.05) is 11.9 Å². The van der Waals surface area contributed by atoms with Crippen LogP contribution in [-0.4, -0.2) is 34.9 Å². The first-order valence-corrected chi connectivity index (χ1v) is 12.7. The molecule has 1 aromatic heterocycles. The standard InChI is InChI=1S/C26H26BrN3O4S/c1-16-5-13-21(14-6-16)35-34-23-17(2)25(32)29(4)24(22(23)26(33)28(3)19-11-12-19)30(15-31)20-9-7-18(27)8-10-20/h5-10,13-15,19H,11-12H2,1-4H3. The van der Waals surface area contributed by atoms with Crippen LogP contribution in [0.25, 0.3) is 0 Å². The van der Waals surface area contributed by atoms with Crippen molar-refractivity contribution < 1.29 is 13.8 Å². The number of anilines is 2. The molecule has 2 aromatic carbocycles. The summed E-state index contributed by atoms with van der Waals surface area (Å²) in [4.78, 5) is 43.3. The molecule has 4 rings (SSSR count). The number of carbonyl (C=O) groups excluding carboxylic acids is 2. The molecule has 3 aromatic rings. The van der Waals surface area contributed by atoms with Gasteiger partial charge in [-0.3, -0.25) is 23.9 Å². The Morgan fingerprint density at radius 2 is 1.74 bits per heavy atom. The summed E-state index contributed by atoms with van der Waals surface area (Å²) in [6.07, 6.45) is 2.44. The van der Waals surface area contributed by atoms with Crippen LogP contribution in [0, 0.1) is 13.8 Å². The molecule has 0 spiro atoms. The second-order valence-corrected chi connectivity index (χ2v) is 10.3. The van der Waals surface area contributed by atoms with E-state index in [9.17, 15) is 14.4 Å². The number of hydrogen-bond acceptors (Lipinski definition) is 5. The molecule has 9 heteroatoms. The number of amides is 2. The summed E-state index contributed by atoms with van der Waals surface area (Å²) in [5.41, 5.74) is 1.74. The van der Waals surface area contributed by atoms with Crippen LogP contribution in [0.3, 0.4) is 0 Å². The molecule has 0 unspecified atom stereocenters. The van der Waals surface area contributed by atoms with Gasteiger partial charge >= 0.3 is 0 Å². The monoisotopic (exact) mass is 555 g/mol. The zero-order valence-electron chi connectivity index (χ0n) is 19.9. The third-order valence-electron chi connectivity index (χ3n) is 6.04. The van der Waals surface area contributed by atoms with Gasteiger partial charge in [0.15, 0.2) is 5.75 Å². The highest BCUT2D eigenvalue weighted by atomic mass is 79.9. The van der Waals surface area contributed by atoms with Crippen LogP contribution in [0.15, 0.2) is 62.7 Å². The molecule has 1 saturated carbocycles. The molecule has 0 bridgehead atoms. The van der Waals surface area contributed by atoms with Crippen molar-refractivity contribution in [3.8, 4) is 5.75 Å². The number of benzene rings is 2. The molecule has 182 valence electrons. The molecule has 1 fully saturated rings. The average Bonchev–Trinajstić information content (AvgIpc) is 3.70. The maximum absolute atomic E-state index is 13.8. The molecule has 0 saturated heterocycles. The van der Waals surface area contributed by atoms with Crippen LogP contribution >= 0.6 is 28.0 Å². The molecule has 0 aliphatic heterocycles. The van der Waals surface area contributed by atoms with Crippen molar-refractivity contribution in [1.82, 2.24) is 9.47 Å². The molecule has 1 heterocycles. The van der Waals surface area contributed by atoms with Gasteiger partial charge < -0.3 is 9.08 Å². The fourth-order valence-corrected chi connectivity index (χ4v) is 4.70. The van der Waals surface area contributed by atoms with Crippen LogP contribution in [0.1, 0.15) is 34.3 Å². The summed E-state index contributed by atoms with van der Waals surface area (Å²) in [6.45, 7) is 3.63. The maximum Gasteiger partial charge on any atom is 0.261 e. The average molecular weight is 556 g/mol. The summed E-state index contributed by atoms with van der Waals surface area (Å²) in [5, 5.41) is 0. The molecule has 1 aliphatic rings. The number of halogens is 1. The van der Waals surface area contributed by atoms with Gasteiger partial charge in [-0.15, -0.1) is 0 Å². The van der Waals surface area contributed by atoms with Gasteiger partial charge in [-0.05, 0) is 63.1 Å². The molecular weight excluding hydrogens is 530 g/mol. The molecule has 2 amide bonds. The minimum Gasteiger partial charge on any atom is -0.419 e. The van der Waals surface area contributed by atoms with Crippen LogP contribution in [-0.2, 0) is 11.8 Å². The van der Waals surface area contributed by atoms with Gasteiger partial charge in [0.25, 0.3) is 11.5 Å². The molecular formula is C26H26BrN3O4S. The Balaban J connectivity index is 1.90. The Morgan fingerprint density at radius 1 is 1.11 bits per heavy atom. The highest BCUT2D eigenvalue weighted by Crippen LogP contribution is 2.39. The fourth-order valence-electron chi connectivity index (χ4n) is 3.80. The quantitative estimate of drug-likeness (QED) is 0.275. The molecule has 0 atom stereocenters. The lowest BCUT2D eigenvalue weighted by Gasteiger charge is -2.27. The first-order chi connectivity index (χ1) is 16.7. The van der Waals surface area contributed by atoms with E-state index in [1.54, 1.807) is 50.2 Å². The number of hydrogen-bond donors (Lipinski definition) is 0. The normalized spacial score (nSPS) is 12.8. The minimum absolute atomic E-state index is 0.128. The second kappa shape index (κ2) is 10.3. The van der Waals surface area contributed by atoms with Crippen LogP contribution in [0.5, 0.6) is 5.75 Å². The lowest BCUT2D eigenvalue weighted by Crippen LogP contribution is -2.35. The number of nitrogens with zero attached hydrogens (tertiary/aromatic N) is 3. The first-order valence-electron chi connectivity index (χ1n) is 11.1. The lowest BCUT2D eigenvalue weighted by atomic mass is 10.1. The number of pyridine rings is 1. The van der Waals surface area contributed by atoms with E-state index in [0.29, 0.717) is 17.7 Å². The first kappa shape index (κ1) is 25.1. The topological polar surface area (TPSA) is 71.8 Å². The van der Waals surface area contributed by atoms with Crippen molar-refractivity contribution in [2.24, 2.45) is 7.05 Å². The molecule has 0 radical (unpaired) electrons. The zero-order valence-corrected chi connectivity index (χ0v) is 22.4. The predicted octanol–water partition coefficient (Wildman–Crippen LogP) is 5.38. The Morgan fingerprint density at radius 3 is 2.31 bits per heavy atom. The van der Waals surface area contributed by atoms with Crippen molar-refractivity contribution in [1.29, 1.82) is 0 Å². The van der Waals surface area contributed by atoms with Crippen LogP contribution in [0.4, 0.5) is 11.5 Å². The molecule has 0 N–H and O–H groups in total. The Hall–Kier alpha value is -3.04. The van der Waals surface area contributed by atoms with E-state index >= 15 is 0 Å². The van der Waals surface area contributed by atoms with E-state index < -0.39 is 0 Å². The van der Waals surface area contributed by atoms with Crippen LogP contribution in [0.2, 0.25) is 0 Å². The zero-order chi connectivity index (χ0) is 25.3. The number of carbonyl (C=O) groups is 2. The Kier molecular flexibility index (Phi) is 7.37. The van der Waals surface area contributed by atoms with Gasteiger partial charge in [0.05, 0.1) is 23.3 Å². The van der Waals surface area contributed by atoms with E-state index in [-0.39, 0.29) is 34.6 Å². The van der Waals surface area contributed by atoms with Gasteiger partial charge in [0, 0.05) is 29.5 Å². The lowest BCUT2D eigenvalue weighted by molar-refractivity contribution is -0.106. The fraction of sp³-hybridized carbons (Fsp3) is 0.269. The minimum atomic E-state index is -0.353. The predicted molar refractivity (Wildman–Crippen MR) is 142 cm³/mol. The number of aryl methyl sites for hydroxylation is 1. The molecule has 35 heavy (non-hydrogen) atoms. The SMILES string of the molecule is Cc1ccc(SOc2c(C(=O)N(C)C3CC3)c(N(C=O)c3ccc(Br)cc3)n(C)c(=O)c2C)cc1. The highest BCUT2D eigenvalue weighted by Gasteiger charge is 2.36. The summed E-state index contributed by atoms with van der Waals surface area (Å²) in [6, 6.07) is 14.9. The smallest absolute Gasteiger partial charge is 0.261 e. The van der Waals surface area contributed by atoms with Gasteiger partial charge in [0.1, 0.15) is 11.4 Å². The molecule has 7 nitrogen and oxygen atoms in total. The van der Waals surface area contributed by atoms with Crippen molar-refractivity contribution in [3.63, 3.8) is 0 Å². The maximum atomic E-state index is 13.8. The molecule has 1 aliphatic carbocycles. The van der Waals surface area contributed by atoms with E-state index in [4.69, 9.17) is 4.18 Å². The third-order valence-corrected chi connectivity index (χ3v) is 7.29. The van der Waals surface area contributed by atoms with E-state index in [1.807, 2.05) is 31.2 Å². The van der Waals surface area contributed by atoms with Gasteiger partial charge in [-0.2, -0.15) is 0 Å². The van der Waals surface area contributed by atoms with Crippen LogP contribution < -0.4 is 14.6 Å². The second-order valence-electron chi connectivity index (χ2n) is 8.60. The third kappa shape index (κ3) is 5.16. The van der Waals surface area contributed by atoms with Gasteiger partial charge in [-0.25, -0.2) is 0 Å². The van der Waals surface area contributed by atoms with Crippen molar-refractivity contribution in [2.45, 2.75) is 37.6 Å². The van der Waals surface area contributed by atoms with Gasteiger partial charge in [-0.1, -0.05) is 33.6 Å². The van der Waals surface area contributed by atoms with E-state index in [1.165, 1.54) is 9.47 Å². The highest BCUT2D eigenvalue weighted by molar-refractivity contribution is 9.10. The number of rotatable bonds is 8. The summed E-state index contributed by atoms with van der Waals surface area (Å²) >= 11 is 4.47. The van der Waals surface area contributed by atoms with E-state index in [2.05, 4.69) is 15.9 Å². The summed E-state index contributed by atoms with van der Waals surface area (Å²) in [7, 11) is 3.30. The summed E-state index contributed by atoms with van der Waals surface area (Å²) in [5.74, 6) is 0.0229. The van der Waals surface area contributed by atoms with Crippen molar-refractivity contribution >= 4 is 51.8 Å².